The fourth-order valence-corrected chi connectivity index (χ4v) is 2.91. The molecule has 0 fully saturated rings. The first kappa shape index (κ1) is 11.5. The topological polar surface area (TPSA) is 12.0 Å². The normalized spacial score (nSPS) is 22.6. The Morgan fingerprint density at radius 3 is 2.50 bits per heavy atom. The van der Waals surface area contributed by atoms with E-state index < -0.39 is 0 Å². The van der Waals surface area contributed by atoms with Gasteiger partial charge in [-0.3, -0.25) is 0 Å². The maximum Gasteiger partial charge on any atom is 0.0664 e. The third-order valence-electron chi connectivity index (χ3n) is 4.06. The minimum absolute atomic E-state index is 0.0530. The highest BCUT2D eigenvalue weighted by Gasteiger charge is 2.32. The van der Waals surface area contributed by atoms with Gasteiger partial charge in [0, 0.05) is 6.54 Å². The zero-order valence-electron chi connectivity index (χ0n) is 11.0. The Kier molecular flexibility index (Phi) is 2.71. The summed E-state index contributed by atoms with van der Waals surface area (Å²) in [6.45, 7) is 5.46. The molecule has 2 aromatic carbocycles. The molecule has 18 heavy (non-hydrogen) atoms. The quantitative estimate of drug-likeness (QED) is 0.801. The van der Waals surface area contributed by atoms with E-state index in [2.05, 4.69) is 67.7 Å². The summed E-state index contributed by atoms with van der Waals surface area (Å²) in [5.74, 6) is 0. The van der Waals surface area contributed by atoms with Crippen LogP contribution in [0.4, 0.5) is 0 Å². The van der Waals surface area contributed by atoms with E-state index in [1.54, 1.807) is 0 Å². The molecule has 0 saturated carbocycles. The Labute approximate surface area is 109 Å². The molecule has 1 N–H and O–H groups in total. The van der Waals surface area contributed by atoms with Gasteiger partial charge >= 0.3 is 0 Å². The first-order valence-corrected chi connectivity index (χ1v) is 6.61. The van der Waals surface area contributed by atoms with Crippen LogP contribution in [-0.4, -0.2) is 6.54 Å². The van der Waals surface area contributed by atoms with Crippen LogP contribution in [0.2, 0.25) is 0 Å². The van der Waals surface area contributed by atoms with Crippen LogP contribution in [-0.2, 0) is 12.0 Å². The lowest BCUT2D eigenvalue weighted by Gasteiger charge is -2.38. The van der Waals surface area contributed by atoms with Crippen LogP contribution in [0.3, 0.4) is 0 Å². The van der Waals surface area contributed by atoms with Crippen molar-refractivity contribution in [2.45, 2.75) is 25.8 Å². The van der Waals surface area contributed by atoms with E-state index in [1.807, 2.05) is 0 Å². The molecule has 0 radical (unpaired) electrons. The van der Waals surface area contributed by atoms with Crippen LogP contribution in [0.25, 0.3) is 0 Å². The molecule has 0 spiro atoms. The van der Waals surface area contributed by atoms with Crippen LogP contribution in [0.15, 0.2) is 48.5 Å². The molecule has 1 nitrogen and oxygen atoms in total. The van der Waals surface area contributed by atoms with Crippen molar-refractivity contribution in [3.8, 4) is 0 Å². The average molecular weight is 237 g/mol. The largest absolute Gasteiger partial charge is 0.304 e. The number of hydrogen-bond donors (Lipinski definition) is 1. The predicted octanol–water partition coefficient (Wildman–Crippen LogP) is 3.40. The van der Waals surface area contributed by atoms with Crippen LogP contribution < -0.4 is 5.32 Å². The van der Waals surface area contributed by atoms with Crippen molar-refractivity contribution < 1.29 is 0 Å². The standard InChI is InChI=1S/C17H19N/c1-13-7-9-15(10-8-13)17(2)16-6-4-3-5-14(16)11-12-18-17/h3-10,18H,11-12H2,1-2H3. The van der Waals surface area contributed by atoms with Gasteiger partial charge in [0.15, 0.2) is 0 Å². The molecule has 1 heteroatoms. The molecule has 0 amide bonds. The zero-order valence-corrected chi connectivity index (χ0v) is 11.0. The maximum absolute atomic E-state index is 3.69. The lowest BCUT2D eigenvalue weighted by molar-refractivity contribution is 0.415. The lowest BCUT2D eigenvalue weighted by Crippen LogP contribution is -2.45. The van der Waals surface area contributed by atoms with Gasteiger partial charge in [0.05, 0.1) is 5.54 Å². The number of nitrogens with one attached hydrogen (secondary N) is 1. The van der Waals surface area contributed by atoms with Crippen molar-refractivity contribution in [2.24, 2.45) is 0 Å². The van der Waals surface area contributed by atoms with E-state index in [4.69, 9.17) is 0 Å². The van der Waals surface area contributed by atoms with E-state index in [9.17, 15) is 0 Å². The Morgan fingerprint density at radius 2 is 1.72 bits per heavy atom. The molecular weight excluding hydrogens is 218 g/mol. The minimum atomic E-state index is -0.0530. The molecule has 1 atom stereocenters. The van der Waals surface area contributed by atoms with Crippen molar-refractivity contribution in [3.05, 3.63) is 70.8 Å². The highest BCUT2D eigenvalue weighted by atomic mass is 15.0. The SMILES string of the molecule is Cc1ccc(C2(C)NCCc3ccccc32)cc1. The second-order valence-corrected chi connectivity index (χ2v) is 5.32. The van der Waals surface area contributed by atoms with Crippen molar-refractivity contribution in [1.82, 2.24) is 5.32 Å². The molecule has 1 unspecified atom stereocenters. The molecule has 1 heterocycles. The average Bonchev–Trinajstić information content (AvgIpc) is 2.40. The van der Waals surface area contributed by atoms with Crippen LogP contribution >= 0.6 is 0 Å². The number of hydrogen-bond acceptors (Lipinski definition) is 1. The first-order valence-electron chi connectivity index (χ1n) is 6.61. The summed E-state index contributed by atoms with van der Waals surface area (Å²) >= 11 is 0. The van der Waals surface area contributed by atoms with Gasteiger partial charge in [0.2, 0.25) is 0 Å². The second kappa shape index (κ2) is 4.25. The van der Waals surface area contributed by atoms with E-state index in [0.29, 0.717) is 0 Å². The van der Waals surface area contributed by atoms with Gasteiger partial charge in [-0.15, -0.1) is 0 Å². The maximum atomic E-state index is 3.69. The fraction of sp³-hybridized carbons (Fsp3) is 0.294. The summed E-state index contributed by atoms with van der Waals surface area (Å²) in [6, 6.07) is 17.6. The minimum Gasteiger partial charge on any atom is -0.304 e. The number of rotatable bonds is 1. The van der Waals surface area contributed by atoms with Gasteiger partial charge in [-0.05, 0) is 37.0 Å². The molecule has 2 aromatic rings. The summed E-state index contributed by atoms with van der Waals surface area (Å²) < 4.78 is 0. The second-order valence-electron chi connectivity index (χ2n) is 5.32. The van der Waals surface area contributed by atoms with E-state index >= 15 is 0 Å². The Bertz CT molecular complexity index is 556. The van der Waals surface area contributed by atoms with Crippen LogP contribution in [0.1, 0.15) is 29.2 Å². The Morgan fingerprint density at radius 1 is 1.00 bits per heavy atom. The third kappa shape index (κ3) is 1.75. The van der Waals surface area contributed by atoms with Crippen LogP contribution in [0, 0.1) is 6.92 Å². The third-order valence-corrected chi connectivity index (χ3v) is 4.06. The molecule has 0 aromatic heterocycles. The zero-order chi connectivity index (χ0) is 12.6. The van der Waals surface area contributed by atoms with Crippen LogP contribution in [0.5, 0.6) is 0 Å². The highest BCUT2D eigenvalue weighted by molar-refractivity contribution is 5.44. The first-order chi connectivity index (χ1) is 8.70. The predicted molar refractivity (Wildman–Crippen MR) is 75.8 cm³/mol. The summed E-state index contributed by atoms with van der Waals surface area (Å²) in [4.78, 5) is 0. The van der Waals surface area contributed by atoms with E-state index in [-0.39, 0.29) is 5.54 Å². The summed E-state index contributed by atoms with van der Waals surface area (Å²) in [7, 11) is 0. The summed E-state index contributed by atoms with van der Waals surface area (Å²) in [5, 5.41) is 3.69. The van der Waals surface area contributed by atoms with Crippen molar-refractivity contribution in [3.63, 3.8) is 0 Å². The molecule has 1 aliphatic heterocycles. The molecule has 3 rings (SSSR count). The number of benzene rings is 2. The summed E-state index contributed by atoms with van der Waals surface area (Å²) in [5.41, 5.74) is 5.49. The van der Waals surface area contributed by atoms with Gasteiger partial charge in [0.1, 0.15) is 0 Å². The smallest absolute Gasteiger partial charge is 0.0664 e. The number of aryl methyl sites for hydroxylation is 1. The summed E-state index contributed by atoms with van der Waals surface area (Å²) in [6.07, 6.45) is 1.12. The fourth-order valence-electron chi connectivity index (χ4n) is 2.91. The Balaban J connectivity index is 2.13. The molecule has 92 valence electrons. The Hall–Kier alpha value is -1.60. The monoisotopic (exact) mass is 237 g/mol. The van der Waals surface area contributed by atoms with Gasteiger partial charge in [0.25, 0.3) is 0 Å². The molecule has 1 aliphatic rings. The van der Waals surface area contributed by atoms with Crippen molar-refractivity contribution in [1.29, 1.82) is 0 Å². The van der Waals surface area contributed by atoms with Gasteiger partial charge in [-0.1, -0.05) is 54.1 Å². The van der Waals surface area contributed by atoms with Gasteiger partial charge < -0.3 is 5.32 Å². The molecule has 0 saturated heterocycles. The van der Waals surface area contributed by atoms with Gasteiger partial charge in [-0.25, -0.2) is 0 Å². The van der Waals surface area contributed by atoms with E-state index in [1.165, 1.54) is 22.3 Å². The van der Waals surface area contributed by atoms with Crippen molar-refractivity contribution >= 4 is 0 Å². The number of fused-ring (bicyclic) bond motifs is 1. The van der Waals surface area contributed by atoms with Gasteiger partial charge in [-0.2, -0.15) is 0 Å². The molecular formula is C17H19N. The molecule has 0 bridgehead atoms. The highest BCUT2D eigenvalue weighted by Crippen LogP contribution is 2.34. The lowest BCUT2D eigenvalue weighted by atomic mass is 9.79. The van der Waals surface area contributed by atoms with E-state index in [0.717, 1.165) is 13.0 Å². The van der Waals surface area contributed by atoms with Crippen molar-refractivity contribution in [2.75, 3.05) is 6.54 Å². The molecule has 0 aliphatic carbocycles.